The predicted octanol–water partition coefficient (Wildman–Crippen LogP) is 3.05. The van der Waals surface area contributed by atoms with Gasteiger partial charge in [0.1, 0.15) is 0 Å². The molecule has 0 aromatic heterocycles. The van der Waals surface area contributed by atoms with E-state index in [2.05, 4.69) is 5.32 Å². The third-order valence-electron chi connectivity index (χ3n) is 2.78. The number of halogens is 3. The first kappa shape index (κ1) is 14.7. The van der Waals surface area contributed by atoms with E-state index < -0.39 is 11.7 Å². The molecule has 0 fully saturated rings. The highest BCUT2D eigenvalue weighted by Crippen LogP contribution is 2.30. The molecule has 0 aliphatic rings. The van der Waals surface area contributed by atoms with Gasteiger partial charge in [0, 0.05) is 18.0 Å². The molecule has 5 heteroatoms. The molecule has 2 nitrogen and oxygen atoms in total. The zero-order chi connectivity index (χ0) is 13.9. The Labute approximate surface area is 104 Å². The van der Waals surface area contributed by atoms with Crippen LogP contribution in [-0.2, 0) is 6.18 Å². The highest BCUT2D eigenvalue weighted by Gasteiger charge is 2.31. The second-order valence-corrected chi connectivity index (χ2v) is 4.35. The Morgan fingerprint density at radius 2 is 2.00 bits per heavy atom. The molecule has 0 saturated carbocycles. The van der Waals surface area contributed by atoms with Crippen molar-refractivity contribution in [2.45, 2.75) is 20.0 Å². The van der Waals surface area contributed by atoms with Gasteiger partial charge in [0.25, 0.3) is 0 Å². The summed E-state index contributed by atoms with van der Waals surface area (Å²) in [6.07, 6.45) is -4.37. The number of ketones is 1. The number of aryl methyl sites for hydroxylation is 1. The van der Waals surface area contributed by atoms with Crippen molar-refractivity contribution in [3.8, 4) is 0 Å². The number of Topliss-reactive ketones (excluding diaryl/α,β-unsaturated/α-hetero) is 1. The average Bonchev–Trinajstić information content (AvgIpc) is 2.27. The SMILES string of the molecule is CNCC(C)C(=O)c1ccc(C(F)(F)F)cc1C. The molecule has 1 aromatic carbocycles. The summed E-state index contributed by atoms with van der Waals surface area (Å²) in [5, 5.41) is 2.87. The van der Waals surface area contributed by atoms with Crippen molar-refractivity contribution in [2.24, 2.45) is 5.92 Å². The van der Waals surface area contributed by atoms with Crippen molar-refractivity contribution in [3.63, 3.8) is 0 Å². The lowest BCUT2D eigenvalue weighted by molar-refractivity contribution is -0.137. The van der Waals surface area contributed by atoms with Gasteiger partial charge in [-0.1, -0.05) is 13.0 Å². The van der Waals surface area contributed by atoms with Gasteiger partial charge in [-0.2, -0.15) is 13.2 Å². The maximum absolute atomic E-state index is 12.5. The van der Waals surface area contributed by atoms with Crippen LogP contribution in [0.25, 0.3) is 0 Å². The van der Waals surface area contributed by atoms with Crippen molar-refractivity contribution < 1.29 is 18.0 Å². The number of alkyl halides is 3. The number of carbonyl (C=O) groups is 1. The quantitative estimate of drug-likeness (QED) is 0.842. The summed E-state index contributed by atoms with van der Waals surface area (Å²) in [7, 11) is 1.73. The number of hydrogen-bond acceptors (Lipinski definition) is 2. The Bertz CT molecular complexity index is 440. The van der Waals surface area contributed by atoms with Crippen LogP contribution in [0.2, 0.25) is 0 Å². The summed E-state index contributed by atoms with van der Waals surface area (Å²) < 4.78 is 37.5. The number of hydrogen-bond donors (Lipinski definition) is 1. The normalized spacial score (nSPS) is 13.4. The van der Waals surface area contributed by atoms with Crippen molar-refractivity contribution in [1.82, 2.24) is 5.32 Å². The van der Waals surface area contributed by atoms with Crippen LogP contribution in [0.3, 0.4) is 0 Å². The molecule has 0 aliphatic carbocycles. The molecule has 0 radical (unpaired) electrons. The van der Waals surface area contributed by atoms with E-state index in [4.69, 9.17) is 0 Å². The second kappa shape index (κ2) is 5.52. The summed E-state index contributed by atoms with van der Waals surface area (Å²) in [6, 6.07) is 3.22. The highest BCUT2D eigenvalue weighted by molar-refractivity contribution is 5.99. The molecular formula is C13H16F3NO. The van der Waals surface area contributed by atoms with Crippen molar-refractivity contribution >= 4 is 5.78 Å². The first-order valence-electron chi connectivity index (χ1n) is 5.64. The Balaban J connectivity index is 3.03. The first-order chi connectivity index (χ1) is 8.27. The molecule has 18 heavy (non-hydrogen) atoms. The molecule has 1 rings (SSSR count). The van der Waals surface area contributed by atoms with E-state index >= 15 is 0 Å². The summed E-state index contributed by atoms with van der Waals surface area (Å²) in [4.78, 5) is 12.0. The zero-order valence-corrected chi connectivity index (χ0v) is 10.6. The highest BCUT2D eigenvalue weighted by atomic mass is 19.4. The molecule has 0 saturated heterocycles. The van der Waals surface area contributed by atoms with Crippen LogP contribution in [0.1, 0.15) is 28.4 Å². The first-order valence-corrected chi connectivity index (χ1v) is 5.64. The molecule has 1 atom stereocenters. The Morgan fingerprint density at radius 3 is 2.44 bits per heavy atom. The standard InChI is InChI=1S/C13H16F3NO/c1-8-6-10(13(14,15)16)4-5-11(8)12(18)9(2)7-17-3/h4-6,9,17H,7H2,1-3H3. The summed E-state index contributed by atoms with van der Waals surface area (Å²) in [6.45, 7) is 3.77. The summed E-state index contributed by atoms with van der Waals surface area (Å²) in [5.74, 6) is -0.402. The Kier molecular flexibility index (Phi) is 4.51. The monoisotopic (exact) mass is 259 g/mol. The largest absolute Gasteiger partial charge is 0.416 e. The maximum atomic E-state index is 12.5. The number of benzene rings is 1. The van der Waals surface area contributed by atoms with Crippen LogP contribution in [0.4, 0.5) is 13.2 Å². The van der Waals surface area contributed by atoms with E-state index in [9.17, 15) is 18.0 Å². The summed E-state index contributed by atoms with van der Waals surface area (Å²) >= 11 is 0. The Morgan fingerprint density at radius 1 is 1.39 bits per heavy atom. The Hall–Kier alpha value is -1.36. The fourth-order valence-electron chi connectivity index (χ4n) is 1.78. The molecule has 100 valence electrons. The van der Waals surface area contributed by atoms with Crippen molar-refractivity contribution in [2.75, 3.05) is 13.6 Å². The molecule has 1 aromatic rings. The lowest BCUT2D eigenvalue weighted by Crippen LogP contribution is -2.24. The molecule has 0 amide bonds. The fourth-order valence-corrected chi connectivity index (χ4v) is 1.78. The zero-order valence-electron chi connectivity index (χ0n) is 10.6. The van der Waals surface area contributed by atoms with Gasteiger partial charge in [-0.3, -0.25) is 4.79 Å². The van der Waals surface area contributed by atoms with Crippen LogP contribution >= 0.6 is 0 Å². The topological polar surface area (TPSA) is 29.1 Å². The molecule has 1 N–H and O–H groups in total. The number of carbonyl (C=O) groups excluding carboxylic acids is 1. The van der Waals surface area contributed by atoms with Gasteiger partial charge in [-0.05, 0) is 31.7 Å². The minimum absolute atomic E-state index is 0.143. The predicted molar refractivity (Wildman–Crippen MR) is 63.6 cm³/mol. The third kappa shape index (κ3) is 3.32. The van der Waals surface area contributed by atoms with Gasteiger partial charge in [-0.15, -0.1) is 0 Å². The minimum Gasteiger partial charge on any atom is -0.319 e. The molecule has 1 unspecified atom stereocenters. The molecular weight excluding hydrogens is 243 g/mol. The molecule has 0 aliphatic heterocycles. The van der Waals surface area contributed by atoms with Gasteiger partial charge >= 0.3 is 6.18 Å². The lowest BCUT2D eigenvalue weighted by atomic mass is 9.94. The fraction of sp³-hybridized carbons (Fsp3) is 0.462. The third-order valence-corrected chi connectivity index (χ3v) is 2.78. The average molecular weight is 259 g/mol. The van der Waals surface area contributed by atoms with Gasteiger partial charge < -0.3 is 5.32 Å². The van der Waals surface area contributed by atoms with Crippen molar-refractivity contribution in [3.05, 3.63) is 34.9 Å². The molecule has 0 heterocycles. The van der Waals surface area contributed by atoms with Crippen LogP contribution in [-0.4, -0.2) is 19.4 Å². The van der Waals surface area contributed by atoms with Crippen LogP contribution in [0.5, 0.6) is 0 Å². The van der Waals surface area contributed by atoms with E-state index in [1.54, 1.807) is 14.0 Å². The molecule has 0 spiro atoms. The van der Waals surface area contributed by atoms with E-state index in [1.165, 1.54) is 13.0 Å². The van der Waals surface area contributed by atoms with Gasteiger partial charge in [0.05, 0.1) is 5.56 Å². The lowest BCUT2D eigenvalue weighted by Gasteiger charge is -2.13. The number of rotatable bonds is 4. The van der Waals surface area contributed by atoms with Crippen molar-refractivity contribution in [1.29, 1.82) is 0 Å². The summed E-state index contributed by atoms with van der Waals surface area (Å²) in [5.41, 5.74) is -0.0126. The maximum Gasteiger partial charge on any atom is 0.416 e. The van der Waals surface area contributed by atoms with Crippen LogP contribution in [0.15, 0.2) is 18.2 Å². The van der Waals surface area contributed by atoms with Gasteiger partial charge in [0.2, 0.25) is 0 Å². The van der Waals surface area contributed by atoms with E-state index in [0.717, 1.165) is 12.1 Å². The van der Waals surface area contributed by atoms with E-state index in [-0.39, 0.29) is 11.7 Å². The second-order valence-electron chi connectivity index (χ2n) is 4.35. The van der Waals surface area contributed by atoms with E-state index in [1.807, 2.05) is 0 Å². The van der Waals surface area contributed by atoms with Crippen LogP contribution in [0, 0.1) is 12.8 Å². The van der Waals surface area contributed by atoms with Gasteiger partial charge in [0.15, 0.2) is 5.78 Å². The van der Waals surface area contributed by atoms with Gasteiger partial charge in [-0.25, -0.2) is 0 Å². The smallest absolute Gasteiger partial charge is 0.319 e. The van der Waals surface area contributed by atoms with Crippen LogP contribution < -0.4 is 5.32 Å². The number of nitrogens with one attached hydrogen (secondary N) is 1. The molecule has 0 bridgehead atoms. The van der Waals surface area contributed by atoms with E-state index in [0.29, 0.717) is 17.7 Å². The minimum atomic E-state index is -4.37.